The van der Waals surface area contributed by atoms with E-state index in [-0.39, 0.29) is 5.76 Å². The van der Waals surface area contributed by atoms with Gasteiger partial charge < -0.3 is 5.11 Å². The number of rotatable bonds is 2. The van der Waals surface area contributed by atoms with Crippen LogP contribution in [0.15, 0.2) is 29.6 Å². The Kier molecular flexibility index (Phi) is 2.62. The third kappa shape index (κ3) is 4.95. The lowest BCUT2D eigenvalue weighted by molar-refractivity contribution is 0.449. The molecule has 0 aromatic carbocycles. The molecular formula is C6H9NO. The van der Waals surface area contributed by atoms with E-state index in [4.69, 9.17) is 5.11 Å². The average Bonchev–Trinajstić information content (AvgIpc) is 1.61. The van der Waals surface area contributed by atoms with E-state index in [0.717, 1.165) is 0 Å². The maximum absolute atomic E-state index is 8.42. The molecule has 44 valence electrons. The molecule has 2 nitrogen and oxygen atoms in total. The first kappa shape index (κ1) is 6.95. The molecule has 8 heavy (non-hydrogen) atoms. The summed E-state index contributed by atoms with van der Waals surface area (Å²) in [5.41, 5.74) is 0.653. The molecule has 0 spiro atoms. The molecule has 0 aliphatic carbocycles. The van der Waals surface area contributed by atoms with Crippen molar-refractivity contribution in [2.45, 2.75) is 6.92 Å². The summed E-state index contributed by atoms with van der Waals surface area (Å²) in [7, 11) is 0. The Morgan fingerprint density at radius 3 is 2.25 bits per heavy atom. The summed E-state index contributed by atoms with van der Waals surface area (Å²) in [6.07, 6.45) is 1.25. The summed E-state index contributed by atoms with van der Waals surface area (Å²) in [4.78, 5) is 3.66. The first-order valence-corrected chi connectivity index (χ1v) is 2.20. The van der Waals surface area contributed by atoms with Crippen molar-refractivity contribution in [3.8, 4) is 0 Å². The van der Waals surface area contributed by atoms with Gasteiger partial charge in [0.1, 0.15) is 5.76 Å². The Morgan fingerprint density at radius 2 is 2.12 bits per heavy atom. The van der Waals surface area contributed by atoms with E-state index in [1.165, 1.54) is 6.21 Å². The lowest BCUT2D eigenvalue weighted by Gasteiger charge is -1.83. The molecule has 0 atom stereocenters. The zero-order chi connectivity index (χ0) is 6.57. The van der Waals surface area contributed by atoms with Gasteiger partial charge in [0, 0.05) is 5.70 Å². The molecule has 0 saturated carbocycles. The smallest absolute Gasteiger partial charge is 0.126 e. The van der Waals surface area contributed by atoms with Gasteiger partial charge in [-0.15, -0.1) is 0 Å². The van der Waals surface area contributed by atoms with Gasteiger partial charge in [0.25, 0.3) is 0 Å². The van der Waals surface area contributed by atoms with Crippen LogP contribution in [0.3, 0.4) is 0 Å². The highest BCUT2D eigenvalue weighted by atomic mass is 16.3. The van der Waals surface area contributed by atoms with Crippen LogP contribution in [0.5, 0.6) is 0 Å². The van der Waals surface area contributed by atoms with Crippen LogP contribution < -0.4 is 0 Å². The zero-order valence-corrected chi connectivity index (χ0v) is 4.89. The van der Waals surface area contributed by atoms with Crippen molar-refractivity contribution in [1.29, 1.82) is 0 Å². The Balaban J connectivity index is 3.67. The number of hydrogen-bond donors (Lipinski definition) is 1. The third-order valence-electron chi connectivity index (χ3n) is 0.434. The Bertz CT molecular complexity index is 119. The van der Waals surface area contributed by atoms with Crippen LogP contribution in [-0.4, -0.2) is 11.3 Å². The summed E-state index contributed by atoms with van der Waals surface area (Å²) in [6.45, 7) is 8.40. The van der Waals surface area contributed by atoms with Gasteiger partial charge in [0.05, 0.1) is 6.21 Å². The molecule has 2 heteroatoms. The second-order valence-electron chi connectivity index (χ2n) is 1.48. The van der Waals surface area contributed by atoms with Crippen LogP contribution in [0.4, 0.5) is 0 Å². The van der Waals surface area contributed by atoms with E-state index in [2.05, 4.69) is 18.2 Å². The monoisotopic (exact) mass is 111 g/mol. The Morgan fingerprint density at radius 1 is 1.62 bits per heavy atom. The first-order chi connectivity index (χ1) is 3.63. The summed E-state index contributed by atoms with van der Waals surface area (Å²) in [5, 5.41) is 8.42. The van der Waals surface area contributed by atoms with E-state index < -0.39 is 0 Å². The minimum absolute atomic E-state index is 0.0481. The minimum Gasteiger partial charge on any atom is -0.507 e. The summed E-state index contributed by atoms with van der Waals surface area (Å²) in [6, 6.07) is 0. The predicted octanol–water partition coefficient (Wildman–Crippen LogP) is 1.66. The number of hydrogen-bond acceptors (Lipinski definition) is 2. The van der Waals surface area contributed by atoms with Gasteiger partial charge in [0.15, 0.2) is 0 Å². The molecule has 0 heterocycles. The summed E-state index contributed by atoms with van der Waals surface area (Å²) >= 11 is 0. The highest BCUT2D eigenvalue weighted by Gasteiger charge is 1.75. The molecule has 0 aromatic rings. The highest BCUT2D eigenvalue weighted by Crippen LogP contribution is 1.86. The highest BCUT2D eigenvalue weighted by molar-refractivity contribution is 5.75. The second-order valence-corrected chi connectivity index (χ2v) is 1.48. The van der Waals surface area contributed by atoms with Crippen molar-refractivity contribution >= 4 is 6.21 Å². The van der Waals surface area contributed by atoms with Gasteiger partial charge in [-0.1, -0.05) is 13.2 Å². The van der Waals surface area contributed by atoms with Crippen LogP contribution in [0.1, 0.15) is 6.92 Å². The van der Waals surface area contributed by atoms with Gasteiger partial charge in [-0.2, -0.15) is 0 Å². The fourth-order valence-corrected chi connectivity index (χ4v) is 0.185. The number of aliphatic hydroxyl groups is 1. The number of allylic oxidation sites excluding steroid dienone is 2. The maximum Gasteiger partial charge on any atom is 0.126 e. The predicted molar refractivity (Wildman–Crippen MR) is 35.1 cm³/mol. The van der Waals surface area contributed by atoms with Crippen LogP contribution in [0, 0.1) is 0 Å². The van der Waals surface area contributed by atoms with Gasteiger partial charge in [-0.25, -0.2) is 0 Å². The van der Waals surface area contributed by atoms with Crippen molar-refractivity contribution in [2.75, 3.05) is 0 Å². The van der Waals surface area contributed by atoms with Crippen molar-refractivity contribution < 1.29 is 5.11 Å². The maximum atomic E-state index is 8.42. The normalized spacial score (nSPS) is 9.62. The van der Waals surface area contributed by atoms with Crippen molar-refractivity contribution in [3.05, 3.63) is 24.6 Å². The topological polar surface area (TPSA) is 32.6 Å². The number of aliphatic imine (C=N–C) groups is 1. The van der Waals surface area contributed by atoms with Crippen molar-refractivity contribution in [2.24, 2.45) is 4.99 Å². The lowest BCUT2D eigenvalue weighted by atomic mass is 10.5. The molecule has 0 aliphatic rings. The molecule has 0 unspecified atom stereocenters. The quantitative estimate of drug-likeness (QED) is 0.426. The van der Waals surface area contributed by atoms with Gasteiger partial charge in [-0.05, 0) is 6.92 Å². The molecule has 0 amide bonds. The van der Waals surface area contributed by atoms with Crippen molar-refractivity contribution in [1.82, 2.24) is 0 Å². The zero-order valence-electron chi connectivity index (χ0n) is 4.89. The largest absolute Gasteiger partial charge is 0.507 e. The van der Waals surface area contributed by atoms with Crippen LogP contribution in [-0.2, 0) is 0 Å². The Labute approximate surface area is 48.9 Å². The van der Waals surface area contributed by atoms with Gasteiger partial charge in [0.2, 0.25) is 0 Å². The van der Waals surface area contributed by atoms with Gasteiger partial charge in [-0.3, -0.25) is 4.99 Å². The molecule has 0 radical (unpaired) electrons. The summed E-state index contributed by atoms with van der Waals surface area (Å²) in [5.74, 6) is -0.0481. The standard InChI is InChI=1S/C6H9NO/c1-5(2)7-4-6(3)8/h4,8H,1,3H2,2H3. The van der Waals surface area contributed by atoms with Gasteiger partial charge >= 0.3 is 0 Å². The molecular weight excluding hydrogens is 102 g/mol. The fourth-order valence-electron chi connectivity index (χ4n) is 0.185. The number of nitrogens with zero attached hydrogens (tertiary/aromatic N) is 1. The van der Waals surface area contributed by atoms with Crippen LogP contribution in [0.2, 0.25) is 0 Å². The molecule has 0 rings (SSSR count). The first-order valence-electron chi connectivity index (χ1n) is 2.20. The minimum atomic E-state index is -0.0481. The lowest BCUT2D eigenvalue weighted by Crippen LogP contribution is -1.76. The van der Waals surface area contributed by atoms with Crippen LogP contribution >= 0.6 is 0 Å². The summed E-state index contributed by atoms with van der Waals surface area (Å²) < 4.78 is 0. The Hall–Kier alpha value is -1.05. The molecule has 0 aliphatic heterocycles. The average molecular weight is 111 g/mol. The number of aliphatic hydroxyl groups excluding tert-OH is 1. The second kappa shape index (κ2) is 3.02. The van der Waals surface area contributed by atoms with E-state index in [9.17, 15) is 0 Å². The molecule has 0 fully saturated rings. The van der Waals surface area contributed by atoms with E-state index in [0.29, 0.717) is 5.70 Å². The van der Waals surface area contributed by atoms with Crippen molar-refractivity contribution in [3.63, 3.8) is 0 Å². The van der Waals surface area contributed by atoms with Crippen LogP contribution in [0.25, 0.3) is 0 Å². The molecule has 0 bridgehead atoms. The van der Waals surface area contributed by atoms with E-state index >= 15 is 0 Å². The molecule has 1 N–H and O–H groups in total. The van der Waals surface area contributed by atoms with E-state index in [1.807, 2.05) is 0 Å². The SMILES string of the molecule is C=C(O)C=NC(=C)C. The molecule has 0 aromatic heterocycles. The molecule has 0 saturated heterocycles. The fraction of sp³-hybridized carbons (Fsp3) is 0.167. The van der Waals surface area contributed by atoms with E-state index in [1.54, 1.807) is 6.92 Å². The third-order valence-corrected chi connectivity index (χ3v) is 0.434.